The summed E-state index contributed by atoms with van der Waals surface area (Å²) in [5, 5.41) is 3.52. The molecule has 182 valence electrons. The molecule has 1 amide bonds. The van der Waals surface area contributed by atoms with Crippen LogP contribution < -0.4 is 5.32 Å². The van der Waals surface area contributed by atoms with Gasteiger partial charge in [-0.25, -0.2) is 0 Å². The minimum Gasteiger partial charge on any atom is -0.351 e. The molecule has 34 heavy (non-hydrogen) atoms. The normalized spacial score (nSPS) is 27.1. The van der Waals surface area contributed by atoms with Crippen molar-refractivity contribution in [3.63, 3.8) is 0 Å². The highest BCUT2D eigenvalue weighted by Crippen LogP contribution is 2.55. The Balaban J connectivity index is 0.950. The van der Waals surface area contributed by atoms with Crippen molar-refractivity contribution in [3.05, 3.63) is 47.8 Å². The van der Waals surface area contributed by atoms with Gasteiger partial charge in [0.2, 0.25) is 5.91 Å². The van der Waals surface area contributed by atoms with Crippen LogP contribution in [0, 0.1) is 24.7 Å². The maximum absolute atomic E-state index is 12.6. The van der Waals surface area contributed by atoms with E-state index in [1.165, 1.54) is 81.8 Å². The van der Waals surface area contributed by atoms with Crippen LogP contribution in [0.2, 0.25) is 0 Å². The van der Waals surface area contributed by atoms with Crippen LogP contribution >= 0.6 is 0 Å². The summed E-state index contributed by atoms with van der Waals surface area (Å²) in [5.74, 6) is 3.00. The molecule has 4 fully saturated rings. The first-order chi connectivity index (χ1) is 16.6. The Morgan fingerprint density at radius 1 is 0.853 bits per heavy atom. The molecule has 4 saturated carbocycles. The van der Waals surface area contributed by atoms with E-state index in [4.69, 9.17) is 0 Å². The highest BCUT2D eigenvalue weighted by atomic mass is 16.1. The Bertz CT molecular complexity index is 949. The van der Waals surface area contributed by atoms with E-state index in [-0.39, 0.29) is 5.54 Å². The Kier molecular flexibility index (Phi) is 7.32. The topological polar surface area (TPSA) is 54.9 Å². The van der Waals surface area contributed by atoms with Gasteiger partial charge in [-0.05, 0) is 118 Å². The van der Waals surface area contributed by atoms with E-state index in [2.05, 4.69) is 40.4 Å². The molecule has 2 aromatic heterocycles. The lowest BCUT2D eigenvalue weighted by atomic mass is 9.53. The molecule has 0 unspecified atom stereocenters. The molecular weight excluding hydrogens is 418 g/mol. The van der Waals surface area contributed by atoms with E-state index in [0.717, 1.165) is 42.0 Å². The largest absolute Gasteiger partial charge is 0.351 e. The molecule has 0 aliphatic heterocycles. The van der Waals surface area contributed by atoms with E-state index in [9.17, 15) is 4.79 Å². The first-order valence-corrected chi connectivity index (χ1v) is 13.8. The highest BCUT2D eigenvalue weighted by Gasteiger charge is 2.51. The molecule has 4 aliphatic carbocycles. The van der Waals surface area contributed by atoms with Crippen LogP contribution in [0.4, 0.5) is 0 Å². The number of nitrogens with zero attached hydrogens (tertiary/aromatic N) is 2. The molecule has 0 saturated heterocycles. The second-order valence-electron chi connectivity index (χ2n) is 11.6. The van der Waals surface area contributed by atoms with E-state index in [1.54, 1.807) is 0 Å². The van der Waals surface area contributed by atoms with Gasteiger partial charge in [-0.1, -0.05) is 25.7 Å². The number of aromatic nitrogens is 2. The average molecular weight is 460 g/mol. The van der Waals surface area contributed by atoms with Crippen molar-refractivity contribution in [1.29, 1.82) is 0 Å². The molecule has 2 aromatic rings. The van der Waals surface area contributed by atoms with Gasteiger partial charge in [0.15, 0.2) is 0 Å². The lowest BCUT2D eigenvalue weighted by Crippen LogP contribution is -2.59. The van der Waals surface area contributed by atoms with Crippen molar-refractivity contribution in [3.8, 4) is 11.4 Å². The van der Waals surface area contributed by atoms with Gasteiger partial charge in [0.05, 0.1) is 11.4 Å². The second-order valence-corrected chi connectivity index (χ2v) is 11.6. The van der Waals surface area contributed by atoms with Gasteiger partial charge in [0.1, 0.15) is 0 Å². The van der Waals surface area contributed by atoms with Crippen molar-refractivity contribution < 1.29 is 4.79 Å². The first-order valence-electron chi connectivity index (χ1n) is 13.8. The number of unbranched alkanes of at least 4 members (excludes halogenated alkanes) is 5. The van der Waals surface area contributed by atoms with Crippen molar-refractivity contribution in [2.24, 2.45) is 17.8 Å². The number of rotatable bonds is 11. The summed E-state index contributed by atoms with van der Waals surface area (Å²) < 4.78 is 0. The monoisotopic (exact) mass is 459 g/mol. The molecule has 4 bridgehead atoms. The molecule has 0 spiro atoms. The van der Waals surface area contributed by atoms with Gasteiger partial charge in [-0.15, -0.1) is 0 Å². The quantitative estimate of drug-likeness (QED) is 0.376. The van der Waals surface area contributed by atoms with Gasteiger partial charge in [0.25, 0.3) is 0 Å². The standard InChI is InChI=1S/C30H41N3O/c1-22-10-12-31-27(14-22)28-18-23(11-13-32-28)8-6-4-2-3-5-7-9-29(34)33-30-19-24-15-25(20-30)17-26(16-24)21-30/h10-14,18,24-26H,2-9,15-17,19-21H2,1H3,(H,33,34). The number of carbonyl (C=O) groups is 1. The van der Waals surface area contributed by atoms with Crippen LogP contribution in [0.5, 0.6) is 0 Å². The molecule has 0 aromatic carbocycles. The molecule has 4 aliphatic rings. The minimum atomic E-state index is 0.175. The van der Waals surface area contributed by atoms with Gasteiger partial charge in [-0.2, -0.15) is 0 Å². The van der Waals surface area contributed by atoms with Crippen LogP contribution in [0.1, 0.15) is 94.6 Å². The van der Waals surface area contributed by atoms with Gasteiger partial charge in [-0.3, -0.25) is 14.8 Å². The van der Waals surface area contributed by atoms with Crippen LogP contribution in [0.3, 0.4) is 0 Å². The van der Waals surface area contributed by atoms with Crippen LogP contribution in [0.25, 0.3) is 11.4 Å². The second kappa shape index (κ2) is 10.6. The lowest BCUT2D eigenvalue weighted by molar-refractivity contribution is -0.127. The summed E-state index contributed by atoms with van der Waals surface area (Å²) >= 11 is 0. The van der Waals surface area contributed by atoms with Crippen molar-refractivity contribution in [2.45, 2.75) is 102 Å². The number of carbonyl (C=O) groups excluding carboxylic acids is 1. The zero-order valence-electron chi connectivity index (χ0n) is 20.9. The number of aryl methyl sites for hydroxylation is 2. The molecule has 4 heteroatoms. The Labute approximate surface area is 205 Å². The van der Waals surface area contributed by atoms with Crippen LogP contribution in [-0.2, 0) is 11.2 Å². The average Bonchev–Trinajstić information content (AvgIpc) is 2.80. The molecule has 0 atom stereocenters. The van der Waals surface area contributed by atoms with Gasteiger partial charge in [0, 0.05) is 24.4 Å². The zero-order valence-corrected chi connectivity index (χ0v) is 20.9. The number of pyridine rings is 2. The molecular formula is C30H41N3O. The van der Waals surface area contributed by atoms with Crippen LogP contribution in [-0.4, -0.2) is 21.4 Å². The number of hydrogen-bond acceptors (Lipinski definition) is 3. The highest BCUT2D eigenvalue weighted by molar-refractivity contribution is 5.76. The third-order valence-electron chi connectivity index (χ3n) is 8.56. The predicted octanol–water partition coefficient (Wildman–Crippen LogP) is 6.81. The summed E-state index contributed by atoms with van der Waals surface area (Å²) in [6.07, 6.45) is 20.8. The SMILES string of the molecule is Cc1ccnc(-c2cc(CCCCCCCCC(=O)NC34CC5CC(CC(C5)C3)C4)ccn2)c1. The zero-order chi connectivity index (χ0) is 23.4. The molecule has 0 radical (unpaired) electrons. The maximum atomic E-state index is 12.6. The van der Waals surface area contributed by atoms with Crippen molar-refractivity contribution >= 4 is 5.91 Å². The van der Waals surface area contributed by atoms with Crippen molar-refractivity contribution in [2.75, 3.05) is 0 Å². The number of nitrogens with one attached hydrogen (secondary N) is 1. The molecule has 2 heterocycles. The summed E-state index contributed by atoms with van der Waals surface area (Å²) in [6, 6.07) is 8.42. The minimum absolute atomic E-state index is 0.175. The predicted molar refractivity (Wildman–Crippen MR) is 137 cm³/mol. The fraction of sp³-hybridized carbons (Fsp3) is 0.633. The van der Waals surface area contributed by atoms with E-state index in [1.807, 2.05) is 18.5 Å². The lowest BCUT2D eigenvalue weighted by Gasteiger charge is -2.56. The Hall–Kier alpha value is -2.23. The van der Waals surface area contributed by atoms with Gasteiger partial charge >= 0.3 is 0 Å². The third-order valence-corrected chi connectivity index (χ3v) is 8.56. The fourth-order valence-corrected chi connectivity index (χ4v) is 7.39. The first kappa shape index (κ1) is 23.5. The maximum Gasteiger partial charge on any atom is 0.220 e. The molecule has 4 nitrogen and oxygen atoms in total. The van der Waals surface area contributed by atoms with E-state index in [0.29, 0.717) is 12.3 Å². The van der Waals surface area contributed by atoms with E-state index < -0.39 is 0 Å². The fourth-order valence-electron chi connectivity index (χ4n) is 7.39. The summed E-state index contributed by atoms with van der Waals surface area (Å²) in [7, 11) is 0. The molecule has 6 rings (SSSR count). The van der Waals surface area contributed by atoms with Crippen molar-refractivity contribution in [1.82, 2.24) is 15.3 Å². The molecule has 1 N–H and O–H groups in total. The summed E-state index contributed by atoms with van der Waals surface area (Å²) in [5.41, 5.74) is 4.65. The number of amides is 1. The Morgan fingerprint density at radius 3 is 2.12 bits per heavy atom. The summed E-state index contributed by atoms with van der Waals surface area (Å²) in [6.45, 7) is 2.09. The number of hydrogen-bond donors (Lipinski definition) is 1. The van der Waals surface area contributed by atoms with E-state index >= 15 is 0 Å². The third kappa shape index (κ3) is 5.87. The van der Waals surface area contributed by atoms with Crippen LogP contribution in [0.15, 0.2) is 36.7 Å². The smallest absolute Gasteiger partial charge is 0.220 e. The summed E-state index contributed by atoms with van der Waals surface area (Å²) in [4.78, 5) is 21.6. The van der Waals surface area contributed by atoms with Gasteiger partial charge < -0.3 is 5.32 Å². The Morgan fingerprint density at radius 2 is 1.44 bits per heavy atom.